The van der Waals surface area contributed by atoms with Gasteiger partial charge in [-0.15, -0.1) is 0 Å². The maximum absolute atomic E-state index is 13.1. The number of halogens is 2. The van der Waals surface area contributed by atoms with E-state index in [0.29, 0.717) is 0 Å². The van der Waals surface area contributed by atoms with E-state index >= 15 is 0 Å². The number of benzene rings is 1. The molecule has 0 N–H and O–H groups in total. The van der Waals surface area contributed by atoms with Crippen LogP contribution >= 0.6 is 0 Å². The van der Waals surface area contributed by atoms with Crippen LogP contribution in [0.1, 0.15) is 38.7 Å². The molecule has 3 heteroatoms. The van der Waals surface area contributed by atoms with Crippen molar-refractivity contribution in [2.75, 3.05) is 0 Å². The Morgan fingerprint density at radius 3 is 2.07 bits per heavy atom. The summed E-state index contributed by atoms with van der Waals surface area (Å²) in [6.07, 6.45) is 2.86. The fraction of sp³-hybridized carbons (Fsp3) is 0.500. The van der Waals surface area contributed by atoms with Gasteiger partial charge >= 0.3 is 0 Å². The molecule has 0 bridgehead atoms. The van der Waals surface area contributed by atoms with Gasteiger partial charge < -0.3 is 0 Å². The zero-order valence-corrected chi connectivity index (χ0v) is 9.61. The molecule has 0 saturated carbocycles. The Balaban J connectivity index is 3.11. The van der Waals surface area contributed by atoms with Crippen molar-refractivity contribution < 1.29 is 8.78 Å². The largest absolute Gasteiger partial charge is 0.207 e. The van der Waals surface area contributed by atoms with Crippen LogP contribution in [-0.4, -0.2) is 7.85 Å². The van der Waals surface area contributed by atoms with Crippen molar-refractivity contribution in [3.8, 4) is 0 Å². The Kier molecular flexibility index (Phi) is 3.89. The van der Waals surface area contributed by atoms with Crippen LogP contribution in [0.2, 0.25) is 0 Å². The molecule has 0 aliphatic rings. The summed E-state index contributed by atoms with van der Waals surface area (Å²) < 4.78 is 26.2. The smallest absolute Gasteiger partial charge is 0.126 e. The van der Waals surface area contributed by atoms with Crippen LogP contribution in [-0.2, 0) is 5.31 Å². The molecule has 1 rings (SSSR count). The van der Waals surface area contributed by atoms with Crippen molar-refractivity contribution in [1.29, 1.82) is 0 Å². The lowest BCUT2D eigenvalue weighted by Gasteiger charge is -2.28. The van der Waals surface area contributed by atoms with Crippen LogP contribution in [0.5, 0.6) is 0 Å². The molecule has 15 heavy (non-hydrogen) atoms. The molecule has 0 saturated heterocycles. The molecule has 0 aliphatic heterocycles. The number of rotatable bonds is 4. The fourth-order valence-corrected chi connectivity index (χ4v) is 1.98. The third kappa shape index (κ3) is 2.80. The molecular formula is C12H17BF2. The van der Waals surface area contributed by atoms with Crippen LogP contribution in [0, 0.1) is 11.6 Å². The first-order valence-corrected chi connectivity index (χ1v) is 5.48. The Labute approximate surface area is 91.1 Å². The molecule has 1 aromatic rings. The fourth-order valence-electron chi connectivity index (χ4n) is 1.98. The Hall–Kier alpha value is -0.855. The molecule has 82 valence electrons. The molecule has 0 aromatic heterocycles. The second-order valence-corrected chi connectivity index (χ2v) is 4.32. The minimum Gasteiger partial charge on any atom is -0.207 e. The van der Waals surface area contributed by atoms with Crippen molar-refractivity contribution >= 4 is 7.85 Å². The van der Waals surface area contributed by atoms with E-state index in [0.717, 1.165) is 30.9 Å². The van der Waals surface area contributed by atoms with Gasteiger partial charge in [0.15, 0.2) is 0 Å². The third-order valence-corrected chi connectivity index (χ3v) is 3.14. The monoisotopic (exact) mass is 210 g/mol. The van der Waals surface area contributed by atoms with Gasteiger partial charge in [-0.1, -0.05) is 33.1 Å². The normalized spacial score (nSPS) is 14.9. The molecule has 1 aromatic carbocycles. The van der Waals surface area contributed by atoms with Crippen molar-refractivity contribution in [1.82, 2.24) is 0 Å². The predicted molar refractivity (Wildman–Crippen MR) is 61.8 cm³/mol. The summed E-state index contributed by atoms with van der Waals surface area (Å²) in [5.41, 5.74) is 0.768. The summed E-state index contributed by atoms with van der Waals surface area (Å²) in [6, 6.07) is 3.82. The van der Waals surface area contributed by atoms with Gasteiger partial charge in [-0.25, -0.2) is 8.78 Å². The lowest BCUT2D eigenvalue weighted by Crippen LogP contribution is -2.25. The average Bonchev–Trinajstić information content (AvgIpc) is 2.16. The van der Waals surface area contributed by atoms with Gasteiger partial charge in [-0.05, 0) is 23.0 Å². The van der Waals surface area contributed by atoms with Crippen LogP contribution < -0.4 is 0 Å². The van der Waals surface area contributed by atoms with Gasteiger partial charge in [0, 0.05) is 6.07 Å². The summed E-state index contributed by atoms with van der Waals surface area (Å²) >= 11 is 0. The molecule has 0 nitrogen and oxygen atoms in total. The van der Waals surface area contributed by atoms with Gasteiger partial charge in [0.1, 0.15) is 19.5 Å². The highest BCUT2D eigenvalue weighted by molar-refractivity contribution is 6.15. The van der Waals surface area contributed by atoms with E-state index in [1.165, 1.54) is 12.1 Å². The molecule has 1 unspecified atom stereocenters. The summed E-state index contributed by atoms with van der Waals surface area (Å²) in [4.78, 5) is 0. The lowest BCUT2D eigenvalue weighted by molar-refractivity contribution is 0.511. The third-order valence-electron chi connectivity index (χ3n) is 3.14. The van der Waals surface area contributed by atoms with E-state index < -0.39 is 11.6 Å². The standard InChI is InChI=1S/C12H17BF2/c1-3-5-12(13,4-2)9-6-10(14)8-11(15)7-9/h6-8H,3-5,13H2,1-2H3. The van der Waals surface area contributed by atoms with Crippen LogP contribution in [0.3, 0.4) is 0 Å². The van der Waals surface area contributed by atoms with Crippen molar-refractivity contribution in [2.45, 2.75) is 38.4 Å². The van der Waals surface area contributed by atoms with Gasteiger partial charge in [-0.2, -0.15) is 0 Å². The first-order chi connectivity index (χ1) is 7.01. The SMILES string of the molecule is BC(CC)(CCC)c1cc(F)cc(F)c1. The van der Waals surface area contributed by atoms with Crippen molar-refractivity contribution in [2.24, 2.45) is 0 Å². The van der Waals surface area contributed by atoms with Gasteiger partial charge in [0.25, 0.3) is 0 Å². The highest BCUT2D eigenvalue weighted by Crippen LogP contribution is 2.30. The van der Waals surface area contributed by atoms with Crippen molar-refractivity contribution in [3.63, 3.8) is 0 Å². The molecule has 0 heterocycles. The Morgan fingerprint density at radius 1 is 1.13 bits per heavy atom. The maximum Gasteiger partial charge on any atom is 0.126 e. The maximum atomic E-state index is 13.1. The van der Waals surface area contributed by atoms with Crippen LogP contribution in [0.25, 0.3) is 0 Å². The number of hydrogen-bond acceptors (Lipinski definition) is 0. The summed E-state index contributed by atoms with van der Waals surface area (Å²) in [5.74, 6) is -0.971. The zero-order chi connectivity index (χ0) is 11.5. The van der Waals surface area contributed by atoms with E-state index in [-0.39, 0.29) is 5.31 Å². The number of hydrogen-bond donors (Lipinski definition) is 0. The molecule has 0 fully saturated rings. The van der Waals surface area contributed by atoms with Crippen LogP contribution in [0.4, 0.5) is 8.78 Å². The van der Waals surface area contributed by atoms with Gasteiger partial charge in [0.05, 0.1) is 0 Å². The molecular weight excluding hydrogens is 193 g/mol. The Morgan fingerprint density at radius 2 is 1.67 bits per heavy atom. The minimum atomic E-state index is -0.485. The second kappa shape index (κ2) is 4.78. The quantitative estimate of drug-likeness (QED) is 0.670. The average molecular weight is 210 g/mol. The van der Waals surface area contributed by atoms with E-state index in [4.69, 9.17) is 0 Å². The lowest BCUT2D eigenvalue weighted by atomic mass is 9.60. The topological polar surface area (TPSA) is 0 Å². The molecule has 1 atom stereocenters. The highest BCUT2D eigenvalue weighted by atomic mass is 19.1. The first-order valence-electron chi connectivity index (χ1n) is 5.48. The zero-order valence-electron chi connectivity index (χ0n) is 9.61. The summed E-state index contributed by atoms with van der Waals surface area (Å²) in [5, 5.41) is -0.113. The van der Waals surface area contributed by atoms with Crippen molar-refractivity contribution in [3.05, 3.63) is 35.4 Å². The van der Waals surface area contributed by atoms with E-state index in [1.54, 1.807) is 0 Å². The second-order valence-electron chi connectivity index (χ2n) is 4.32. The first kappa shape index (κ1) is 12.2. The predicted octanol–water partition coefficient (Wildman–Crippen LogP) is 3.00. The molecule has 0 radical (unpaired) electrons. The van der Waals surface area contributed by atoms with Crippen LogP contribution in [0.15, 0.2) is 18.2 Å². The molecule has 0 aliphatic carbocycles. The van der Waals surface area contributed by atoms with Gasteiger partial charge in [-0.3, -0.25) is 0 Å². The van der Waals surface area contributed by atoms with E-state index in [9.17, 15) is 8.78 Å². The van der Waals surface area contributed by atoms with E-state index in [1.807, 2.05) is 0 Å². The molecule has 0 spiro atoms. The summed E-state index contributed by atoms with van der Waals surface area (Å²) in [7, 11) is 2.06. The highest BCUT2D eigenvalue weighted by Gasteiger charge is 2.24. The minimum absolute atomic E-state index is 0.113. The summed E-state index contributed by atoms with van der Waals surface area (Å²) in [6.45, 7) is 4.14. The Bertz CT molecular complexity index is 318. The molecule has 0 amide bonds. The van der Waals surface area contributed by atoms with Gasteiger partial charge in [0.2, 0.25) is 0 Å². The van der Waals surface area contributed by atoms with E-state index in [2.05, 4.69) is 21.7 Å².